The summed E-state index contributed by atoms with van der Waals surface area (Å²) in [7, 11) is 0. The van der Waals surface area contributed by atoms with Gasteiger partial charge in [0.05, 0.1) is 26.2 Å². The summed E-state index contributed by atoms with van der Waals surface area (Å²) in [5.41, 5.74) is 0. The second kappa shape index (κ2) is 17.0. The Labute approximate surface area is 135 Å². The summed E-state index contributed by atoms with van der Waals surface area (Å²) in [4.78, 5) is 44.4. The second-order valence-electron chi connectivity index (χ2n) is 4.00. The zero-order valence-corrected chi connectivity index (χ0v) is 12.6. The molecule has 0 amide bonds. The normalized spacial score (nSPS) is 8.92. The third-order valence-electron chi connectivity index (χ3n) is 2.17. The van der Waals surface area contributed by atoms with Crippen molar-refractivity contribution in [3.05, 3.63) is 0 Å². The average Bonchev–Trinajstić information content (AvgIpc) is 2.22. The predicted octanol–water partition coefficient (Wildman–Crippen LogP) is -5.37. The van der Waals surface area contributed by atoms with Crippen LogP contribution in [-0.4, -0.2) is 115 Å². The lowest BCUT2D eigenvalue weighted by Crippen LogP contribution is -2.43. The highest BCUT2D eigenvalue weighted by molar-refractivity contribution is 5.73. The van der Waals surface area contributed by atoms with Crippen molar-refractivity contribution in [3.63, 3.8) is 0 Å². The van der Waals surface area contributed by atoms with Crippen LogP contribution >= 0.6 is 0 Å². The van der Waals surface area contributed by atoms with Crippen molar-refractivity contribution < 1.29 is 61.5 Å². The van der Waals surface area contributed by atoms with Gasteiger partial charge in [0.15, 0.2) is 0 Å². The quantitative estimate of drug-likeness (QED) is 0.270. The monoisotopic (exact) mass is 364 g/mol. The molecule has 24 heavy (non-hydrogen) atoms. The van der Waals surface area contributed by atoms with Crippen LogP contribution in [0.25, 0.3) is 0 Å². The highest BCUT2D eigenvalue weighted by Crippen LogP contribution is 1.94. The van der Waals surface area contributed by atoms with Gasteiger partial charge in [-0.05, 0) is 0 Å². The third kappa shape index (κ3) is 19.6. The number of rotatable bonds is 11. The fourth-order valence-electron chi connectivity index (χ4n) is 1.48. The Hall–Kier alpha value is -2.36. The van der Waals surface area contributed by atoms with Crippen molar-refractivity contribution in [3.8, 4) is 0 Å². The molecule has 0 atom stereocenters. The molecule has 0 saturated heterocycles. The van der Waals surface area contributed by atoms with Crippen LogP contribution in [0.1, 0.15) is 0 Å². The summed E-state index contributed by atoms with van der Waals surface area (Å²) < 4.78 is 0. The third-order valence-corrected chi connectivity index (χ3v) is 2.17. The van der Waals surface area contributed by atoms with Gasteiger partial charge in [0.2, 0.25) is 0 Å². The summed E-state index contributed by atoms with van der Waals surface area (Å²) in [6, 6.07) is 0. The van der Waals surface area contributed by atoms with Gasteiger partial charge in [0, 0.05) is 13.1 Å². The Bertz CT molecular complexity index is 320. The molecule has 0 heterocycles. The summed E-state index contributed by atoms with van der Waals surface area (Å²) in [5.74, 6) is -4.91. The number of carbonyl (C=O) groups is 4. The van der Waals surface area contributed by atoms with Gasteiger partial charge in [-0.1, -0.05) is 0 Å². The molecular weight excluding hydrogens is 340 g/mol. The largest absolute Gasteiger partial charge is 0.480 e. The standard InChI is InChI=1S/C10H16N2O8.4H2O/c13-7(14)3-11(4-8(15)16)1-2-12(5-9(17)18)6-10(19)20;;;;/h1-6H2,(H,13,14)(H,15,16)(H,17,18)(H,19,20);4*1H2. The van der Waals surface area contributed by atoms with Gasteiger partial charge < -0.3 is 42.3 Å². The van der Waals surface area contributed by atoms with Crippen LogP contribution in [-0.2, 0) is 19.2 Å². The molecule has 0 aliphatic heterocycles. The molecule has 0 aliphatic rings. The van der Waals surface area contributed by atoms with Crippen molar-refractivity contribution in [2.24, 2.45) is 0 Å². The van der Waals surface area contributed by atoms with E-state index >= 15 is 0 Å². The maximum atomic E-state index is 10.6. The fourth-order valence-corrected chi connectivity index (χ4v) is 1.48. The van der Waals surface area contributed by atoms with Crippen molar-refractivity contribution in [1.82, 2.24) is 9.80 Å². The Morgan fingerprint density at radius 2 is 0.667 bits per heavy atom. The van der Waals surface area contributed by atoms with E-state index in [4.69, 9.17) is 20.4 Å². The van der Waals surface area contributed by atoms with Crippen LogP contribution in [0, 0.1) is 0 Å². The molecule has 0 fully saturated rings. The molecule has 0 aromatic carbocycles. The van der Waals surface area contributed by atoms with Crippen molar-refractivity contribution >= 4 is 23.9 Å². The zero-order chi connectivity index (χ0) is 15.7. The van der Waals surface area contributed by atoms with Crippen LogP contribution in [0.3, 0.4) is 0 Å². The van der Waals surface area contributed by atoms with Crippen LogP contribution in [0.15, 0.2) is 0 Å². The van der Waals surface area contributed by atoms with E-state index in [1.165, 1.54) is 0 Å². The number of carboxylic acids is 4. The van der Waals surface area contributed by atoms with E-state index in [0.29, 0.717) is 0 Å². The molecule has 14 heteroatoms. The molecule has 0 aromatic rings. The first-order valence-corrected chi connectivity index (χ1v) is 5.52. The average molecular weight is 364 g/mol. The van der Waals surface area contributed by atoms with Gasteiger partial charge in [-0.25, -0.2) is 0 Å². The molecule has 0 aromatic heterocycles. The van der Waals surface area contributed by atoms with Crippen LogP contribution < -0.4 is 0 Å². The molecule has 0 radical (unpaired) electrons. The second-order valence-corrected chi connectivity index (χ2v) is 4.00. The van der Waals surface area contributed by atoms with E-state index in [2.05, 4.69) is 0 Å². The van der Waals surface area contributed by atoms with Gasteiger partial charge in [0.25, 0.3) is 0 Å². The minimum atomic E-state index is -1.23. The van der Waals surface area contributed by atoms with E-state index in [-0.39, 0.29) is 35.0 Å². The Morgan fingerprint density at radius 1 is 0.500 bits per heavy atom. The molecule has 0 rings (SSSR count). The minimum absolute atomic E-state index is 0. The molecule has 0 saturated carbocycles. The first-order valence-electron chi connectivity index (χ1n) is 5.52. The van der Waals surface area contributed by atoms with Gasteiger partial charge in [-0.2, -0.15) is 0 Å². The lowest BCUT2D eigenvalue weighted by molar-refractivity contribution is -0.145. The minimum Gasteiger partial charge on any atom is -0.480 e. The van der Waals surface area contributed by atoms with E-state index in [1.807, 2.05) is 0 Å². The zero-order valence-electron chi connectivity index (χ0n) is 12.6. The van der Waals surface area contributed by atoms with E-state index in [0.717, 1.165) is 9.80 Å². The number of aliphatic carboxylic acids is 4. The van der Waals surface area contributed by atoms with Gasteiger partial charge in [0.1, 0.15) is 0 Å². The molecule has 0 unspecified atom stereocenters. The van der Waals surface area contributed by atoms with Crippen LogP contribution in [0.4, 0.5) is 0 Å². The van der Waals surface area contributed by atoms with Crippen molar-refractivity contribution in [2.75, 3.05) is 39.3 Å². The Kier molecular flexibility index (Phi) is 23.6. The highest BCUT2D eigenvalue weighted by atomic mass is 16.4. The lowest BCUT2D eigenvalue weighted by Gasteiger charge is -2.23. The van der Waals surface area contributed by atoms with Gasteiger partial charge in [-0.15, -0.1) is 0 Å². The topological polar surface area (TPSA) is 282 Å². The smallest absolute Gasteiger partial charge is 0.317 e. The SMILES string of the molecule is O.O.O.O.O=C(O)CN(CCN(CC(=O)O)CC(=O)O)CC(=O)O. The summed E-state index contributed by atoms with van der Waals surface area (Å²) in [5, 5.41) is 34.5. The molecule has 0 spiro atoms. The lowest BCUT2D eigenvalue weighted by atomic mass is 10.4. The molecule has 0 aliphatic carbocycles. The first-order chi connectivity index (χ1) is 9.20. The number of carboxylic acid groups (broad SMARTS) is 4. The summed E-state index contributed by atoms with van der Waals surface area (Å²) in [6.07, 6.45) is 0. The summed E-state index contributed by atoms with van der Waals surface area (Å²) >= 11 is 0. The van der Waals surface area contributed by atoms with Gasteiger partial charge >= 0.3 is 23.9 Å². The van der Waals surface area contributed by atoms with Gasteiger partial charge in [-0.3, -0.25) is 29.0 Å². The van der Waals surface area contributed by atoms with Crippen LogP contribution in [0.2, 0.25) is 0 Å². The predicted molar refractivity (Wildman–Crippen MR) is 77.9 cm³/mol. The first kappa shape index (κ1) is 33.3. The highest BCUT2D eigenvalue weighted by Gasteiger charge is 2.17. The van der Waals surface area contributed by atoms with Crippen molar-refractivity contribution in [2.45, 2.75) is 0 Å². The molecule has 146 valence electrons. The maximum absolute atomic E-state index is 10.6. The summed E-state index contributed by atoms with van der Waals surface area (Å²) in [6.45, 7) is -2.25. The molecule has 14 nitrogen and oxygen atoms in total. The maximum Gasteiger partial charge on any atom is 0.317 e. The fraction of sp³-hybridized carbons (Fsp3) is 0.600. The molecular formula is C10H24N2O12. The molecule has 12 N–H and O–H groups in total. The number of nitrogens with zero attached hydrogens (tertiary/aromatic N) is 2. The van der Waals surface area contributed by atoms with Crippen molar-refractivity contribution in [1.29, 1.82) is 0 Å². The van der Waals surface area contributed by atoms with E-state index in [9.17, 15) is 19.2 Å². The van der Waals surface area contributed by atoms with E-state index < -0.39 is 50.1 Å². The van der Waals surface area contributed by atoms with Crippen LogP contribution in [0.5, 0.6) is 0 Å². The molecule has 0 bridgehead atoms. The Balaban J connectivity index is -0.000000301. The number of hydrogen-bond donors (Lipinski definition) is 4. The number of hydrogen-bond acceptors (Lipinski definition) is 6. The Morgan fingerprint density at radius 3 is 0.792 bits per heavy atom. The van der Waals surface area contributed by atoms with E-state index in [1.54, 1.807) is 0 Å².